The van der Waals surface area contributed by atoms with Crippen LogP contribution in [0.3, 0.4) is 0 Å². The van der Waals surface area contributed by atoms with Crippen molar-refractivity contribution < 1.29 is 14.3 Å². The van der Waals surface area contributed by atoms with Gasteiger partial charge in [0, 0.05) is 39.1 Å². The van der Waals surface area contributed by atoms with Crippen LogP contribution in [0, 0.1) is 11.8 Å². The van der Waals surface area contributed by atoms with Crippen molar-refractivity contribution in [2.45, 2.75) is 19.8 Å². The van der Waals surface area contributed by atoms with Gasteiger partial charge in [0.15, 0.2) is 0 Å². The predicted octanol–water partition coefficient (Wildman–Crippen LogP) is 1.51. The molecule has 3 rings (SSSR count). The quantitative estimate of drug-likeness (QED) is 0.849. The molecule has 136 valence electrons. The number of benzene rings is 1. The van der Waals surface area contributed by atoms with Crippen molar-refractivity contribution in [1.29, 1.82) is 0 Å². The highest BCUT2D eigenvalue weighted by Crippen LogP contribution is 2.31. The van der Waals surface area contributed by atoms with Crippen LogP contribution in [0.2, 0.25) is 0 Å². The first-order valence-electron chi connectivity index (χ1n) is 9.05. The number of ether oxygens (including phenoxy) is 1. The number of amides is 2. The van der Waals surface area contributed by atoms with E-state index in [1.165, 1.54) is 0 Å². The van der Waals surface area contributed by atoms with Gasteiger partial charge in [-0.25, -0.2) is 0 Å². The second kappa shape index (κ2) is 7.76. The number of likely N-dealkylation sites (tertiary alicyclic amines) is 1. The van der Waals surface area contributed by atoms with Crippen LogP contribution in [0.5, 0.6) is 5.75 Å². The molecule has 2 atom stereocenters. The number of nitrogens with zero attached hydrogens (tertiary/aromatic N) is 2. The molecule has 6 nitrogen and oxygen atoms in total. The summed E-state index contributed by atoms with van der Waals surface area (Å²) < 4.78 is 5.44. The number of anilines is 1. The van der Waals surface area contributed by atoms with Crippen molar-refractivity contribution >= 4 is 17.5 Å². The van der Waals surface area contributed by atoms with Gasteiger partial charge in [0.2, 0.25) is 11.8 Å². The molecule has 1 N–H and O–H groups in total. The molecule has 2 saturated heterocycles. The minimum atomic E-state index is -0.195. The molecule has 2 heterocycles. The Morgan fingerprint density at radius 2 is 2.12 bits per heavy atom. The monoisotopic (exact) mass is 345 g/mol. The van der Waals surface area contributed by atoms with Crippen LogP contribution in [0.15, 0.2) is 24.3 Å². The molecular formula is C19H27N3O3. The van der Waals surface area contributed by atoms with Gasteiger partial charge in [-0.15, -0.1) is 0 Å². The van der Waals surface area contributed by atoms with E-state index in [0.29, 0.717) is 32.0 Å². The lowest BCUT2D eigenvalue weighted by Gasteiger charge is -2.21. The number of hydrogen-bond donors (Lipinski definition) is 1. The Balaban J connectivity index is 1.49. The third-order valence-electron chi connectivity index (χ3n) is 5.24. The Labute approximate surface area is 149 Å². The van der Waals surface area contributed by atoms with E-state index in [0.717, 1.165) is 30.9 Å². The summed E-state index contributed by atoms with van der Waals surface area (Å²) in [5, 5.41) is 3.06. The summed E-state index contributed by atoms with van der Waals surface area (Å²) >= 11 is 0. The summed E-state index contributed by atoms with van der Waals surface area (Å²) in [7, 11) is 1.69. The number of rotatable bonds is 6. The molecule has 1 aromatic rings. The largest absolute Gasteiger partial charge is 0.495 e. The van der Waals surface area contributed by atoms with Gasteiger partial charge in [0.05, 0.1) is 18.7 Å². The second-order valence-electron chi connectivity index (χ2n) is 6.85. The molecule has 2 amide bonds. The van der Waals surface area contributed by atoms with Gasteiger partial charge in [-0.2, -0.15) is 0 Å². The molecule has 6 heteroatoms. The third-order valence-corrected chi connectivity index (χ3v) is 5.24. The van der Waals surface area contributed by atoms with E-state index < -0.39 is 0 Å². The van der Waals surface area contributed by atoms with E-state index in [1.807, 2.05) is 25.1 Å². The molecule has 2 aliphatic rings. The van der Waals surface area contributed by atoms with E-state index in [-0.39, 0.29) is 17.7 Å². The molecule has 0 saturated carbocycles. The molecule has 0 unspecified atom stereocenters. The zero-order valence-corrected chi connectivity index (χ0v) is 15.0. The van der Waals surface area contributed by atoms with Crippen molar-refractivity contribution in [2.24, 2.45) is 11.8 Å². The number of carbonyl (C=O) groups excluding carboxylic acids is 2. The van der Waals surface area contributed by atoms with Crippen molar-refractivity contribution in [3.05, 3.63) is 24.3 Å². The molecule has 1 aromatic carbocycles. The molecule has 0 aromatic heterocycles. The van der Waals surface area contributed by atoms with E-state index in [9.17, 15) is 9.59 Å². The van der Waals surface area contributed by atoms with Gasteiger partial charge in [-0.3, -0.25) is 9.59 Å². The summed E-state index contributed by atoms with van der Waals surface area (Å²) in [5.74, 6) is 1.22. The molecule has 0 spiro atoms. The van der Waals surface area contributed by atoms with Crippen molar-refractivity contribution in [3.8, 4) is 5.75 Å². The maximum absolute atomic E-state index is 12.3. The second-order valence-corrected chi connectivity index (χ2v) is 6.85. The normalized spacial score (nSPS) is 23.2. The van der Waals surface area contributed by atoms with Crippen LogP contribution in [0.25, 0.3) is 0 Å². The Morgan fingerprint density at radius 1 is 1.32 bits per heavy atom. The standard InChI is InChI=1S/C19H27N3O3/c1-3-21-13-15(10-18(21)23)19(24)20-11-14-8-9-22(12-14)16-6-4-5-7-17(16)25-2/h4-7,14-15H,3,8-13H2,1-2H3,(H,20,24)/t14-,15+/m1/s1. The van der Waals surface area contributed by atoms with Crippen molar-refractivity contribution in [2.75, 3.05) is 44.7 Å². The van der Waals surface area contributed by atoms with E-state index >= 15 is 0 Å². The zero-order chi connectivity index (χ0) is 17.8. The maximum atomic E-state index is 12.3. The fourth-order valence-corrected chi connectivity index (χ4v) is 3.75. The fraction of sp³-hybridized carbons (Fsp3) is 0.579. The minimum Gasteiger partial charge on any atom is -0.495 e. The number of nitrogens with one attached hydrogen (secondary N) is 1. The van der Waals surface area contributed by atoms with Gasteiger partial charge >= 0.3 is 0 Å². The molecular weight excluding hydrogens is 318 g/mol. The Hall–Kier alpha value is -2.24. The summed E-state index contributed by atoms with van der Waals surface area (Å²) in [4.78, 5) is 28.2. The lowest BCUT2D eigenvalue weighted by molar-refractivity contribution is -0.128. The van der Waals surface area contributed by atoms with E-state index in [1.54, 1.807) is 12.0 Å². The Bertz CT molecular complexity index is 634. The van der Waals surface area contributed by atoms with Crippen LogP contribution in [0.1, 0.15) is 19.8 Å². The molecule has 2 aliphatic heterocycles. The van der Waals surface area contributed by atoms with Gasteiger partial charge in [0.1, 0.15) is 5.75 Å². The van der Waals surface area contributed by atoms with Gasteiger partial charge in [-0.05, 0) is 31.4 Å². The summed E-state index contributed by atoms with van der Waals surface area (Å²) in [6, 6.07) is 8.03. The van der Waals surface area contributed by atoms with Crippen LogP contribution in [-0.4, -0.2) is 56.5 Å². The van der Waals surface area contributed by atoms with Crippen molar-refractivity contribution in [1.82, 2.24) is 10.2 Å². The number of para-hydroxylation sites is 2. The Kier molecular flexibility index (Phi) is 5.46. The number of carbonyl (C=O) groups is 2. The smallest absolute Gasteiger partial charge is 0.225 e. The highest BCUT2D eigenvalue weighted by molar-refractivity contribution is 5.89. The molecule has 0 bridgehead atoms. The van der Waals surface area contributed by atoms with Gasteiger partial charge < -0.3 is 19.9 Å². The molecule has 0 aliphatic carbocycles. The molecule has 0 radical (unpaired) electrons. The first-order valence-corrected chi connectivity index (χ1v) is 9.05. The highest BCUT2D eigenvalue weighted by atomic mass is 16.5. The van der Waals surface area contributed by atoms with Crippen LogP contribution in [0.4, 0.5) is 5.69 Å². The lowest BCUT2D eigenvalue weighted by Crippen LogP contribution is -2.36. The number of hydrogen-bond acceptors (Lipinski definition) is 4. The average molecular weight is 345 g/mol. The molecule has 2 fully saturated rings. The van der Waals surface area contributed by atoms with Crippen LogP contribution in [-0.2, 0) is 9.59 Å². The highest BCUT2D eigenvalue weighted by Gasteiger charge is 2.34. The predicted molar refractivity (Wildman–Crippen MR) is 96.7 cm³/mol. The van der Waals surface area contributed by atoms with Crippen LogP contribution >= 0.6 is 0 Å². The first kappa shape index (κ1) is 17.6. The van der Waals surface area contributed by atoms with E-state index in [2.05, 4.69) is 16.3 Å². The van der Waals surface area contributed by atoms with Crippen molar-refractivity contribution in [3.63, 3.8) is 0 Å². The van der Waals surface area contributed by atoms with E-state index in [4.69, 9.17) is 4.74 Å². The molecule has 25 heavy (non-hydrogen) atoms. The average Bonchev–Trinajstić information content (AvgIpc) is 3.26. The summed E-state index contributed by atoms with van der Waals surface area (Å²) in [6.45, 7) is 5.72. The SMILES string of the molecule is CCN1C[C@@H](C(=O)NC[C@H]2CCN(c3ccccc3OC)C2)CC1=O. The number of methoxy groups -OCH3 is 1. The summed E-state index contributed by atoms with van der Waals surface area (Å²) in [6.07, 6.45) is 1.39. The minimum absolute atomic E-state index is 0.0139. The topological polar surface area (TPSA) is 61.9 Å². The van der Waals surface area contributed by atoms with Gasteiger partial charge in [-0.1, -0.05) is 12.1 Å². The Morgan fingerprint density at radius 3 is 2.84 bits per heavy atom. The third kappa shape index (κ3) is 3.89. The zero-order valence-electron chi connectivity index (χ0n) is 15.0. The maximum Gasteiger partial charge on any atom is 0.225 e. The first-order chi connectivity index (χ1) is 12.1. The van der Waals surface area contributed by atoms with Gasteiger partial charge in [0.25, 0.3) is 0 Å². The lowest BCUT2D eigenvalue weighted by atomic mass is 10.1. The summed E-state index contributed by atoms with van der Waals surface area (Å²) in [5.41, 5.74) is 1.11. The van der Waals surface area contributed by atoms with Crippen LogP contribution < -0.4 is 15.0 Å². The fourth-order valence-electron chi connectivity index (χ4n) is 3.75.